The molecule has 24 heavy (non-hydrogen) atoms. The first-order valence-electron chi connectivity index (χ1n) is 8.28. The molecule has 1 aliphatic heterocycles. The Kier molecular flexibility index (Phi) is 3.76. The molecule has 4 rings (SSSR count). The summed E-state index contributed by atoms with van der Waals surface area (Å²) >= 11 is 0. The predicted octanol–water partition coefficient (Wildman–Crippen LogP) is 2.06. The van der Waals surface area contributed by atoms with Crippen LogP contribution in [0.3, 0.4) is 0 Å². The summed E-state index contributed by atoms with van der Waals surface area (Å²) in [5.74, 6) is 0.723. The van der Waals surface area contributed by atoms with Crippen molar-refractivity contribution in [2.45, 2.75) is 19.8 Å². The van der Waals surface area contributed by atoms with Gasteiger partial charge in [0.1, 0.15) is 6.33 Å². The Balaban J connectivity index is 1.65. The number of piperidine rings is 1. The third-order valence-corrected chi connectivity index (χ3v) is 4.53. The minimum Gasteiger partial charge on any atom is -0.466 e. The highest BCUT2D eigenvalue weighted by Gasteiger charge is 2.28. The van der Waals surface area contributed by atoms with Gasteiger partial charge in [0.05, 0.1) is 23.6 Å². The van der Waals surface area contributed by atoms with E-state index in [1.807, 2.05) is 35.6 Å². The van der Waals surface area contributed by atoms with E-state index in [1.165, 1.54) is 0 Å². The van der Waals surface area contributed by atoms with Crippen LogP contribution >= 0.6 is 0 Å². The SMILES string of the molecule is CCOC(=O)C1CCN(c2nc3ccccc3n3cnnc23)CC1. The van der Waals surface area contributed by atoms with E-state index in [-0.39, 0.29) is 11.9 Å². The van der Waals surface area contributed by atoms with Crippen LogP contribution in [-0.4, -0.2) is 45.2 Å². The number of anilines is 1. The van der Waals surface area contributed by atoms with Crippen LogP contribution in [0.2, 0.25) is 0 Å². The number of fused-ring (bicyclic) bond motifs is 3. The molecule has 7 nitrogen and oxygen atoms in total. The van der Waals surface area contributed by atoms with Gasteiger partial charge in [-0.05, 0) is 31.9 Å². The maximum Gasteiger partial charge on any atom is 0.309 e. The minimum atomic E-state index is -0.0868. The Bertz CT molecular complexity index is 883. The molecule has 1 aliphatic rings. The van der Waals surface area contributed by atoms with Crippen molar-refractivity contribution in [1.82, 2.24) is 19.6 Å². The van der Waals surface area contributed by atoms with Crippen molar-refractivity contribution in [3.63, 3.8) is 0 Å². The molecule has 0 unspecified atom stereocenters. The van der Waals surface area contributed by atoms with Crippen molar-refractivity contribution in [2.75, 3.05) is 24.6 Å². The summed E-state index contributed by atoms with van der Waals surface area (Å²) in [5, 5.41) is 8.29. The first-order chi connectivity index (χ1) is 11.8. The molecule has 0 amide bonds. The van der Waals surface area contributed by atoms with Gasteiger partial charge < -0.3 is 9.64 Å². The summed E-state index contributed by atoms with van der Waals surface area (Å²) in [4.78, 5) is 18.9. The number of esters is 1. The Hall–Kier alpha value is -2.70. The van der Waals surface area contributed by atoms with Crippen molar-refractivity contribution < 1.29 is 9.53 Å². The quantitative estimate of drug-likeness (QED) is 0.686. The topological polar surface area (TPSA) is 72.6 Å². The molecule has 1 fully saturated rings. The highest BCUT2D eigenvalue weighted by molar-refractivity contribution is 5.83. The molecule has 7 heteroatoms. The summed E-state index contributed by atoms with van der Waals surface area (Å²) < 4.78 is 7.11. The number of hydrogen-bond acceptors (Lipinski definition) is 6. The van der Waals surface area contributed by atoms with Gasteiger partial charge in [-0.1, -0.05) is 12.1 Å². The first-order valence-corrected chi connectivity index (χ1v) is 8.28. The zero-order valence-electron chi connectivity index (χ0n) is 13.6. The van der Waals surface area contributed by atoms with Gasteiger partial charge >= 0.3 is 5.97 Å². The van der Waals surface area contributed by atoms with E-state index < -0.39 is 0 Å². The number of ether oxygens (including phenoxy) is 1. The Morgan fingerprint density at radius 2 is 2.08 bits per heavy atom. The molecule has 0 saturated carbocycles. The number of hydrogen-bond donors (Lipinski definition) is 0. The van der Waals surface area contributed by atoms with Gasteiger partial charge in [-0.15, -0.1) is 10.2 Å². The molecule has 0 aliphatic carbocycles. The third-order valence-electron chi connectivity index (χ3n) is 4.53. The van der Waals surface area contributed by atoms with Gasteiger partial charge in [0.15, 0.2) is 5.82 Å². The van der Waals surface area contributed by atoms with Crippen LogP contribution < -0.4 is 4.90 Å². The van der Waals surface area contributed by atoms with E-state index in [1.54, 1.807) is 6.33 Å². The zero-order chi connectivity index (χ0) is 16.5. The molecule has 0 radical (unpaired) electrons. The fourth-order valence-corrected chi connectivity index (χ4v) is 3.29. The van der Waals surface area contributed by atoms with E-state index >= 15 is 0 Å². The molecule has 124 valence electrons. The second-order valence-electron chi connectivity index (χ2n) is 5.96. The van der Waals surface area contributed by atoms with Gasteiger partial charge in [0, 0.05) is 13.1 Å². The van der Waals surface area contributed by atoms with E-state index in [9.17, 15) is 4.79 Å². The lowest BCUT2D eigenvalue weighted by Gasteiger charge is -2.31. The molecule has 0 spiro atoms. The number of carbonyl (C=O) groups is 1. The zero-order valence-corrected chi connectivity index (χ0v) is 13.6. The molecule has 1 aromatic carbocycles. The summed E-state index contributed by atoms with van der Waals surface area (Å²) in [6.45, 7) is 3.80. The lowest BCUT2D eigenvalue weighted by Crippen LogP contribution is -2.37. The molecule has 0 N–H and O–H groups in total. The van der Waals surface area contributed by atoms with Crippen molar-refractivity contribution in [2.24, 2.45) is 5.92 Å². The van der Waals surface area contributed by atoms with Gasteiger partial charge in [0.25, 0.3) is 0 Å². The normalized spacial score (nSPS) is 16.0. The number of rotatable bonds is 3. The van der Waals surface area contributed by atoms with E-state index in [0.29, 0.717) is 6.61 Å². The molecule has 3 heterocycles. The maximum atomic E-state index is 11.9. The molecular weight excluding hydrogens is 306 g/mol. The van der Waals surface area contributed by atoms with Crippen molar-refractivity contribution in [3.05, 3.63) is 30.6 Å². The maximum absolute atomic E-state index is 11.9. The summed E-state index contributed by atoms with van der Waals surface area (Å²) in [5.41, 5.74) is 2.65. The Labute approximate surface area is 139 Å². The smallest absolute Gasteiger partial charge is 0.309 e. The highest BCUT2D eigenvalue weighted by atomic mass is 16.5. The standard InChI is InChI=1S/C17H19N5O2/c1-2-24-17(23)12-7-9-21(10-8-12)15-16-20-18-11-22(16)14-6-4-3-5-13(14)19-15/h3-6,11-12H,2,7-10H2,1H3. The van der Waals surface area contributed by atoms with Crippen LogP contribution in [0, 0.1) is 5.92 Å². The van der Waals surface area contributed by atoms with Crippen LogP contribution in [0.1, 0.15) is 19.8 Å². The predicted molar refractivity (Wildman–Crippen MR) is 89.9 cm³/mol. The van der Waals surface area contributed by atoms with Gasteiger partial charge in [-0.3, -0.25) is 9.20 Å². The monoisotopic (exact) mass is 325 g/mol. The van der Waals surface area contributed by atoms with Crippen molar-refractivity contribution >= 4 is 28.5 Å². The number of carbonyl (C=O) groups excluding carboxylic acids is 1. The highest BCUT2D eigenvalue weighted by Crippen LogP contribution is 2.27. The molecule has 2 aromatic heterocycles. The van der Waals surface area contributed by atoms with Crippen molar-refractivity contribution in [3.8, 4) is 0 Å². The number of benzene rings is 1. The Morgan fingerprint density at radius 1 is 1.29 bits per heavy atom. The largest absolute Gasteiger partial charge is 0.466 e. The lowest BCUT2D eigenvalue weighted by atomic mass is 9.97. The first kappa shape index (κ1) is 14.9. The average molecular weight is 325 g/mol. The second kappa shape index (κ2) is 6.07. The van der Waals surface area contributed by atoms with Crippen LogP contribution in [0.5, 0.6) is 0 Å². The minimum absolute atomic E-state index is 0.0180. The number of aromatic nitrogens is 4. The lowest BCUT2D eigenvalue weighted by molar-refractivity contribution is -0.148. The van der Waals surface area contributed by atoms with Gasteiger partial charge in [-0.25, -0.2) is 4.98 Å². The fourth-order valence-electron chi connectivity index (χ4n) is 3.29. The molecule has 1 saturated heterocycles. The van der Waals surface area contributed by atoms with Crippen LogP contribution in [0.25, 0.3) is 16.7 Å². The summed E-state index contributed by atoms with van der Waals surface area (Å²) in [6.07, 6.45) is 3.26. The van der Waals surface area contributed by atoms with Crippen molar-refractivity contribution in [1.29, 1.82) is 0 Å². The van der Waals surface area contributed by atoms with E-state index in [4.69, 9.17) is 9.72 Å². The third kappa shape index (κ3) is 2.46. The van der Waals surface area contributed by atoms with Crippen LogP contribution in [-0.2, 0) is 9.53 Å². The summed E-state index contributed by atoms with van der Waals surface area (Å²) in [7, 11) is 0. The molecule has 0 atom stereocenters. The van der Waals surface area contributed by atoms with Crippen LogP contribution in [0.15, 0.2) is 30.6 Å². The van der Waals surface area contributed by atoms with Gasteiger partial charge in [-0.2, -0.15) is 0 Å². The van der Waals surface area contributed by atoms with E-state index in [2.05, 4.69) is 15.1 Å². The number of nitrogens with zero attached hydrogens (tertiary/aromatic N) is 5. The molecule has 3 aromatic rings. The molecule has 0 bridgehead atoms. The van der Waals surface area contributed by atoms with E-state index in [0.717, 1.165) is 48.4 Å². The number of para-hydroxylation sites is 2. The summed E-state index contributed by atoms with van der Waals surface area (Å²) in [6, 6.07) is 7.95. The Morgan fingerprint density at radius 3 is 2.88 bits per heavy atom. The van der Waals surface area contributed by atoms with Crippen LogP contribution in [0.4, 0.5) is 5.82 Å². The average Bonchev–Trinajstić information content (AvgIpc) is 3.11. The fraction of sp³-hybridized carbons (Fsp3) is 0.412. The molecular formula is C17H19N5O2. The van der Waals surface area contributed by atoms with Gasteiger partial charge in [0.2, 0.25) is 5.65 Å². The second-order valence-corrected chi connectivity index (χ2v) is 5.96.